The summed E-state index contributed by atoms with van der Waals surface area (Å²) >= 11 is 6.62. The number of hydrogen-bond donors (Lipinski definition) is 1. The number of furan rings is 1. The molecule has 0 aliphatic heterocycles. The molecule has 1 aromatic heterocycles. The van der Waals surface area contributed by atoms with Gasteiger partial charge in [-0.05, 0) is 46.8 Å². The first-order valence-corrected chi connectivity index (χ1v) is 7.68. The van der Waals surface area contributed by atoms with E-state index in [9.17, 15) is 4.79 Å². The van der Waals surface area contributed by atoms with Crippen LogP contribution in [0.3, 0.4) is 0 Å². The molecule has 1 N–H and O–H groups in total. The Kier molecular flexibility index (Phi) is 6.89. The van der Waals surface area contributed by atoms with E-state index < -0.39 is 0 Å². The predicted octanol–water partition coefficient (Wildman–Crippen LogP) is 3.97. The maximum Gasteiger partial charge on any atom is 0.287 e. The molecule has 1 atom stereocenters. The number of halogens is 2. The van der Waals surface area contributed by atoms with Crippen LogP contribution in [0, 0.1) is 5.92 Å². The highest BCUT2D eigenvalue weighted by Gasteiger charge is 2.13. The van der Waals surface area contributed by atoms with Crippen molar-refractivity contribution in [3.63, 3.8) is 0 Å². The van der Waals surface area contributed by atoms with E-state index in [0.29, 0.717) is 22.9 Å². The topological polar surface area (TPSA) is 42.2 Å². The maximum atomic E-state index is 11.7. The van der Waals surface area contributed by atoms with E-state index in [2.05, 4.69) is 44.1 Å². The standard InChI is InChI=1S/C12H17Br2NO2/c1-2-3-9(6-7-13)8-15-12(16)10-4-5-11(14)17-10/h4-5,9H,2-3,6-8H2,1H3,(H,15,16). The zero-order chi connectivity index (χ0) is 12.7. The van der Waals surface area contributed by atoms with Crippen molar-refractivity contribution in [2.75, 3.05) is 11.9 Å². The lowest BCUT2D eigenvalue weighted by Gasteiger charge is -2.14. The van der Waals surface area contributed by atoms with Crippen molar-refractivity contribution < 1.29 is 9.21 Å². The van der Waals surface area contributed by atoms with Crippen LogP contribution in [0.1, 0.15) is 36.7 Å². The molecule has 1 amide bonds. The van der Waals surface area contributed by atoms with Crippen LogP contribution in [0.4, 0.5) is 0 Å². The second kappa shape index (κ2) is 7.93. The van der Waals surface area contributed by atoms with Gasteiger partial charge in [0.1, 0.15) is 0 Å². The second-order valence-corrected chi connectivity index (χ2v) is 5.52. The van der Waals surface area contributed by atoms with E-state index in [-0.39, 0.29) is 5.91 Å². The fourth-order valence-electron chi connectivity index (χ4n) is 1.67. The summed E-state index contributed by atoms with van der Waals surface area (Å²) in [6.45, 7) is 2.86. The molecule has 0 aliphatic rings. The van der Waals surface area contributed by atoms with Crippen LogP contribution in [0.2, 0.25) is 0 Å². The number of amides is 1. The number of alkyl halides is 1. The van der Waals surface area contributed by atoms with Gasteiger partial charge in [0.05, 0.1) is 0 Å². The molecule has 0 aliphatic carbocycles. The van der Waals surface area contributed by atoms with Gasteiger partial charge in [0, 0.05) is 11.9 Å². The Morgan fingerprint density at radius 3 is 2.76 bits per heavy atom. The summed E-state index contributed by atoms with van der Waals surface area (Å²) in [6, 6.07) is 3.38. The van der Waals surface area contributed by atoms with Crippen molar-refractivity contribution in [3.8, 4) is 0 Å². The second-order valence-electron chi connectivity index (χ2n) is 3.95. The molecular weight excluding hydrogens is 350 g/mol. The van der Waals surface area contributed by atoms with Gasteiger partial charge in [0.15, 0.2) is 10.4 Å². The lowest BCUT2D eigenvalue weighted by Crippen LogP contribution is -2.29. The molecule has 0 spiro atoms. The molecule has 0 aromatic carbocycles. The molecule has 1 rings (SSSR count). The average Bonchev–Trinajstić information content (AvgIpc) is 2.73. The summed E-state index contributed by atoms with van der Waals surface area (Å²) in [6.07, 6.45) is 3.35. The third kappa shape index (κ3) is 5.25. The lowest BCUT2D eigenvalue weighted by molar-refractivity contribution is 0.0917. The summed E-state index contributed by atoms with van der Waals surface area (Å²) in [7, 11) is 0. The van der Waals surface area contributed by atoms with E-state index in [4.69, 9.17) is 4.42 Å². The number of hydrogen-bond acceptors (Lipinski definition) is 2. The molecule has 0 radical (unpaired) electrons. The number of rotatable bonds is 7. The quantitative estimate of drug-likeness (QED) is 0.741. The largest absolute Gasteiger partial charge is 0.444 e. The van der Waals surface area contributed by atoms with Crippen LogP contribution in [0.5, 0.6) is 0 Å². The Balaban J connectivity index is 2.40. The molecule has 1 unspecified atom stereocenters. The lowest BCUT2D eigenvalue weighted by atomic mass is 10.0. The molecule has 3 nitrogen and oxygen atoms in total. The fraction of sp³-hybridized carbons (Fsp3) is 0.583. The molecule has 5 heteroatoms. The van der Waals surface area contributed by atoms with E-state index in [0.717, 1.165) is 24.6 Å². The van der Waals surface area contributed by atoms with Gasteiger partial charge < -0.3 is 9.73 Å². The van der Waals surface area contributed by atoms with Gasteiger partial charge >= 0.3 is 0 Å². The summed E-state index contributed by atoms with van der Waals surface area (Å²) in [5.74, 6) is 0.735. The van der Waals surface area contributed by atoms with Gasteiger partial charge in [-0.1, -0.05) is 29.3 Å². The van der Waals surface area contributed by atoms with Gasteiger partial charge in [0.2, 0.25) is 0 Å². The van der Waals surface area contributed by atoms with Crippen LogP contribution >= 0.6 is 31.9 Å². The monoisotopic (exact) mass is 365 g/mol. The average molecular weight is 367 g/mol. The van der Waals surface area contributed by atoms with Crippen molar-refractivity contribution in [3.05, 3.63) is 22.6 Å². The zero-order valence-corrected chi connectivity index (χ0v) is 13.0. The van der Waals surface area contributed by atoms with Gasteiger partial charge in [0.25, 0.3) is 5.91 Å². The van der Waals surface area contributed by atoms with Crippen LogP contribution in [-0.4, -0.2) is 17.8 Å². The highest BCUT2D eigenvalue weighted by atomic mass is 79.9. The van der Waals surface area contributed by atoms with E-state index in [1.165, 1.54) is 0 Å². The Hall–Kier alpha value is -0.290. The van der Waals surface area contributed by atoms with Gasteiger partial charge in [-0.25, -0.2) is 0 Å². The fourth-order valence-corrected chi connectivity index (χ4v) is 2.63. The molecule has 0 bridgehead atoms. The smallest absolute Gasteiger partial charge is 0.287 e. The van der Waals surface area contributed by atoms with Crippen LogP contribution in [0.15, 0.2) is 21.2 Å². The van der Waals surface area contributed by atoms with Crippen molar-refractivity contribution in [1.29, 1.82) is 0 Å². The predicted molar refractivity (Wildman–Crippen MR) is 75.6 cm³/mol. The first-order chi connectivity index (χ1) is 8.17. The zero-order valence-electron chi connectivity index (χ0n) is 9.84. The molecule has 17 heavy (non-hydrogen) atoms. The summed E-state index contributed by atoms with van der Waals surface area (Å²) in [5.41, 5.74) is 0. The SMILES string of the molecule is CCCC(CCBr)CNC(=O)c1ccc(Br)o1. The van der Waals surface area contributed by atoms with Crippen LogP contribution < -0.4 is 5.32 Å². The summed E-state index contributed by atoms with van der Waals surface area (Å²) in [5, 5.41) is 3.88. The Morgan fingerprint density at radius 2 is 2.24 bits per heavy atom. The van der Waals surface area contributed by atoms with Crippen LogP contribution in [0.25, 0.3) is 0 Å². The summed E-state index contributed by atoms with van der Waals surface area (Å²) < 4.78 is 5.77. The van der Waals surface area contributed by atoms with Crippen molar-refractivity contribution in [2.24, 2.45) is 5.92 Å². The molecular formula is C12H17Br2NO2. The number of carbonyl (C=O) groups excluding carboxylic acids is 1. The van der Waals surface area contributed by atoms with Gasteiger partial charge in [-0.15, -0.1) is 0 Å². The molecule has 0 saturated heterocycles. The first-order valence-electron chi connectivity index (χ1n) is 5.76. The molecule has 1 heterocycles. The van der Waals surface area contributed by atoms with Gasteiger partial charge in [-0.3, -0.25) is 4.79 Å². The molecule has 0 fully saturated rings. The minimum Gasteiger partial charge on any atom is -0.444 e. The Morgan fingerprint density at radius 1 is 1.47 bits per heavy atom. The normalized spacial score (nSPS) is 12.4. The minimum atomic E-state index is -0.147. The van der Waals surface area contributed by atoms with Crippen molar-refractivity contribution in [1.82, 2.24) is 5.32 Å². The number of nitrogens with one attached hydrogen (secondary N) is 1. The molecule has 96 valence electrons. The van der Waals surface area contributed by atoms with E-state index in [1.54, 1.807) is 12.1 Å². The Bertz CT molecular complexity index is 346. The third-order valence-corrected chi connectivity index (χ3v) is 3.45. The van der Waals surface area contributed by atoms with Crippen molar-refractivity contribution in [2.45, 2.75) is 26.2 Å². The van der Waals surface area contributed by atoms with E-state index in [1.807, 2.05) is 0 Å². The Labute approximate surface area is 119 Å². The van der Waals surface area contributed by atoms with Crippen LogP contribution in [-0.2, 0) is 0 Å². The molecule has 1 aromatic rings. The highest BCUT2D eigenvalue weighted by molar-refractivity contribution is 9.10. The third-order valence-electron chi connectivity index (χ3n) is 2.56. The first kappa shape index (κ1) is 14.8. The van der Waals surface area contributed by atoms with Crippen molar-refractivity contribution >= 4 is 37.8 Å². The number of carbonyl (C=O) groups is 1. The highest BCUT2D eigenvalue weighted by Crippen LogP contribution is 2.15. The maximum absolute atomic E-state index is 11.7. The van der Waals surface area contributed by atoms with E-state index >= 15 is 0 Å². The summed E-state index contributed by atoms with van der Waals surface area (Å²) in [4.78, 5) is 11.7. The molecule has 0 saturated carbocycles. The van der Waals surface area contributed by atoms with Gasteiger partial charge in [-0.2, -0.15) is 0 Å². The minimum absolute atomic E-state index is 0.147.